The molecule has 0 fully saturated rings. The molecule has 0 unspecified atom stereocenters. The Kier molecular flexibility index (Phi) is 3.81. The van der Waals surface area contributed by atoms with Crippen LogP contribution in [0.25, 0.3) is 0 Å². The molecule has 0 aliphatic rings. The summed E-state index contributed by atoms with van der Waals surface area (Å²) in [6, 6.07) is 7.65. The van der Waals surface area contributed by atoms with Gasteiger partial charge in [0.25, 0.3) is 0 Å². The molecule has 1 rings (SSSR count). The topological polar surface area (TPSA) is 42.2 Å². The van der Waals surface area contributed by atoms with Gasteiger partial charge >= 0.3 is 0 Å². The second-order valence-corrected chi connectivity index (χ2v) is 2.75. The van der Waals surface area contributed by atoms with Gasteiger partial charge in [0.15, 0.2) is 18.1 Å². The zero-order valence-corrected chi connectivity index (χ0v) is 8.41. The first-order chi connectivity index (χ1) is 6.83. The SMILES string of the molecule is CCc1cccc(OC)c1OCC#N. The van der Waals surface area contributed by atoms with Crippen LogP contribution >= 0.6 is 0 Å². The Labute approximate surface area is 83.9 Å². The maximum absolute atomic E-state index is 8.44. The maximum atomic E-state index is 8.44. The van der Waals surface area contributed by atoms with Gasteiger partial charge in [0.1, 0.15) is 6.07 Å². The summed E-state index contributed by atoms with van der Waals surface area (Å²) < 4.78 is 10.5. The van der Waals surface area contributed by atoms with Crippen molar-refractivity contribution in [1.29, 1.82) is 5.26 Å². The molecule has 1 aromatic rings. The van der Waals surface area contributed by atoms with E-state index in [4.69, 9.17) is 14.7 Å². The molecule has 0 saturated carbocycles. The third kappa shape index (κ3) is 2.17. The molecule has 14 heavy (non-hydrogen) atoms. The first-order valence-electron chi connectivity index (χ1n) is 4.49. The van der Waals surface area contributed by atoms with Gasteiger partial charge in [0.05, 0.1) is 7.11 Å². The summed E-state index contributed by atoms with van der Waals surface area (Å²) in [5.41, 5.74) is 1.06. The molecule has 74 valence electrons. The van der Waals surface area contributed by atoms with Crippen LogP contribution in [-0.2, 0) is 6.42 Å². The van der Waals surface area contributed by atoms with Gasteiger partial charge in [-0.3, -0.25) is 0 Å². The highest BCUT2D eigenvalue weighted by Crippen LogP contribution is 2.31. The van der Waals surface area contributed by atoms with Crippen LogP contribution in [0, 0.1) is 11.3 Å². The normalized spacial score (nSPS) is 9.21. The molecule has 0 heterocycles. The Morgan fingerprint density at radius 3 is 2.79 bits per heavy atom. The highest BCUT2D eigenvalue weighted by Gasteiger charge is 2.08. The fourth-order valence-corrected chi connectivity index (χ4v) is 1.27. The summed E-state index contributed by atoms with van der Waals surface area (Å²) in [5, 5.41) is 8.44. The lowest BCUT2D eigenvalue weighted by Crippen LogP contribution is -1.99. The molecular formula is C11H13NO2. The van der Waals surface area contributed by atoms with Crippen molar-refractivity contribution >= 4 is 0 Å². The first kappa shape index (κ1) is 10.4. The second kappa shape index (κ2) is 5.13. The Bertz CT molecular complexity index is 319. The number of benzene rings is 1. The van der Waals surface area contributed by atoms with E-state index in [1.165, 1.54) is 0 Å². The van der Waals surface area contributed by atoms with Crippen molar-refractivity contribution in [3.05, 3.63) is 23.8 Å². The van der Waals surface area contributed by atoms with Crippen molar-refractivity contribution in [2.75, 3.05) is 13.7 Å². The van der Waals surface area contributed by atoms with Gasteiger partial charge in [-0.2, -0.15) is 5.26 Å². The van der Waals surface area contributed by atoms with Crippen LogP contribution in [0.15, 0.2) is 18.2 Å². The minimum Gasteiger partial charge on any atom is -0.493 e. The summed E-state index contributed by atoms with van der Waals surface area (Å²) in [6.45, 7) is 2.08. The molecule has 0 aliphatic carbocycles. The molecule has 3 nitrogen and oxygen atoms in total. The van der Waals surface area contributed by atoms with Crippen molar-refractivity contribution in [2.24, 2.45) is 0 Å². The monoisotopic (exact) mass is 191 g/mol. The number of nitriles is 1. The molecule has 0 amide bonds. The Morgan fingerprint density at radius 1 is 1.43 bits per heavy atom. The summed E-state index contributed by atoms with van der Waals surface area (Å²) in [4.78, 5) is 0. The van der Waals surface area contributed by atoms with Gasteiger partial charge in [-0.05, 0) is 18.1 Å². The van der Waals surface area contributed by atoms with E-state index in [0.29, 0.717) is 11.5 Å². The molecular weight excluding hydrogens is 178 g/mol. The molecule has 1 aromatic carbocycles. The molecule has 0 bridgehead atoms. The summed E-state index contributed by atoms with van der Waals surface area (Å²) in [6.07, 6.45) is 0.859. The highest BCUT2D eigenvalue weighted by molar-refractivity contribution is 5.46. The minimum atomic E-state index is 0.0490. The molecule has 0 aromatic heterocycles. The predicted octanol–water partition coefficient (Wildman–Crippen LogP) is 2.16. The average Bonchev–Trinajstić information content (AvgIpc) is 2.25. The fraction of sp³-hybridized carbons (Fsp3) is 0.364. The molecule has 0 spiro atoms. The molecule has 0 N–H and O–H groups in total. The molecule has 0 atom stereocenters. The number of rotatable bonds is 4. The van der Waals surface area contributed by atoms with Crippen molar-refractivity contribution in [3.63, 3.8) is 0 Å². The van der Waals surface area contributed by atoms with E-state index in [-0.39, 0.29) is 6.61 Å². The zero-order chi connectivity index (χ0) is 10.4. The lowest BCUT2D eigenvalue weighted by atomic mass is 10.1. The lowest BCUT2D eigenvalue weighted by molar-refractivity contribution is 0.326. The largest absolute Gasteiger partial charge is 0.493 e. The fourth-order valence-electron chi connectivity index (χ4n) is 1.27. The van der Waals surface area contributed by atoms with Crippen molar-refractivity contribution in [1.82, 2.24) is 0 Å². The number of ether oxygens (including phenoxy) is 2. The predicted molar refractivity (Wildman–Crippen MR) is 53.5 cm³/mol. The number of aryl methyl sites for hydroxylation is 1. The third-order valence-corrected chi connectivity index (χ3v) is 1.94. The van der Waals surface area contributed by atoms with Crippen LogP contribution in [0.3, 0.4) is 0 Å². The third-order valence-electron chi connectivity index (χ3n) is 1.94. The van der Waals surface area contributed by atoms with Crippen molar-refractivity contribution in [3.8, 4) is 17.6 Å². The van der Waals surface area contributed by atoms with E-state index in [1.54, 1.807) is 7.11 Å². The standard InChI is InChI=1S/C11H13NO2/c1-3-9-5-4-6-10(13-2)11(9)14-8-7-12/h4-6H,3,8H2,1-2H3. The smallest absolute Gasteiger partial charge is 0.174 e. The second-order valence-electron chi connectivity index (χ2n) is 2.75. The van der Waals surface area contributed by atoms with Gasteiger partial charge in [0, 0.05) is 0 Å². The van der Waals surface area contributed by atoms with Crippen LogP contribution in [0.5, 0.6) is 11.5 Å². The van der Waals surface area contributed by atoms with Gasteiger partial charge in [-0.15, -0.1) is 0 Å². The number of nitrogens with zero attached hydrogens (tertiary/aromatic N) is 1. The summed E-state index contributed by atoms with van der Waals surface area (Å²) in [5.74, 6) is 1.36. The van der Waals surface area contributed by atoms with Crippen molar-refractivity contribution in [2.45, 2.75) is 13.3 Å². The van der Waals surface area contributed by atoms with Crippen LogP contribution < -0.4 is 9.47 Å². The van der Waals surface area contributed by atoms with E-state index in [9.17, 15) is 0 Å². The summed E-state index contributed by atoms with van der Waals surface area (Å²) in [7, 11) is 1.59. The van der Waals surface area contributed by atoms with Crippen LogP contribution in [0.1, 0.15) is 12.5 Å². The van der Waals surface area contributed by atoms with E-state index in [0.717, 1.165) is 12.0 Å². The van der Waals surface area contributed by atoms with E-state index >= 15 is 0 Å². The number of methoxy groups -OCH3 is 1. The van der Waals surface area contributed by atoms with Crippen molar-refractivity contribution < 1.29 is 9.47 Å². The maximum Gasteiger partial charge on any atom is 0.174 e. The van der Waals surface area contributed by atoms with Crippen LogP contribution in [0.2, 0.25) is 0 Å². The van der Waals surface area contributed by atoms with Gasteiger partial charge in [-0.25, -0.2) is 0 Å². The van der Waals surface area contributed by atoms with E-state index in [1.807, 2.05) is 31.2 Å². The Hall–Kier alpha value is -1.69. The first-order valence-corrected chi connectivity index (χ1v) is 4.49. The van der Waals surface area contributed by atoms with Gasteiger partial charge < -0.3 is 9.47 Å². The van der Waals surface area contributed by atoms with E-state index in [2.05, 4.69) is 0 Å². The average molecular weight is 191 g/mol. The zero-order valence-electron chi connectivity index (χ0n) is 8.41. The molecule has 0 aliphatic heterocycles. The van der Waals surface area contributed by atoms with Gasteiger partial charge in [0.2, 0.25) is 0 Å². The van der Waals surface area contributed by atoms with E-state index < -0.39 is 0 Å². The Morgan fingerprint density at radius 2 is 2.21 bits per heavy atom. The molecule has 0 radical (unpaired) electrons. The van der Waals surface area contributed by atoms with Gasteiger partial charge in [-0.1, -0.05) is 19.1 Å². The van der Waals surface area contributed by atoms with Crippen LogP contribution in [-0.4, -0.2) is 13.7 Å². The highest BCUT2D eigenvalue weighted by atomic mass is 16.5. The number of hydrogen-bond acceptors (Lipinski definition) is 3. The Balaban J connectivity index is 3.00. The minimum absolute atomic E-state index is 0.0490. The number of hydrogen-bond donors (Lipinski definition) is 0. The van der Waals surface area contributed by atoms with Crippen LogP contribution in [0.4, 0.5) is 0 Å². The lowest BCUT2D eigenvalue weighted by Gasteiger charge is -2.11. The molecule has 3 heteroatoms. The summed E-state index contributed by atoms with van der Waals surface area (Å²) >= 11 is 0. The molecule has 0 saturated heterocycles. The number of para-hydroxylation sites is 1. The quantitative estimate of drug-likeness (QED) is 0.732.